The monoisotopic (exact) mass is 519 g/mol. The average Bonchev–Trinajstić information content (AvgIpc) is 3.64. The first-order chi connectivity index (χ1) is 17.4. The van der Waals surface area contributed by atoms with Crippen LogP contribution in [0.4, 0.5) is 0 Å². The number of carbonyl (C=O) groups is 2. The number of benzene rings is 1. The topological polar surface area (TPSA) is 79.6 Å². The molecule has 0 radical (unpaired) electrons. The number of likely N-dealkylation sites (tertiary alicyclic amines) is 1. The minimum Gasteiger partial charge on any atom is -0.349 e. The molecule has 4 atom stereocenters. The van der Waals surface area contributed by atoms with Crippen LogP contribution in [0, 0.1) is 31.6 Å². The molecule has 0 spiro atoms. The van der Waals surface area contributed by atoms with Crippen LogP contribution < -0.4 is 5.32 Å². The van der Waals surface area contributed by atoms with Crippen LogP contribution in [0.2, 0.25) is 0 Å². The second-order valence-corrected chi connectivity index (χ2v) is 12.3. The van der Waals surface area contributed by atoms with Crippen LogP contribution >= 0.6 is 22.7 Å². The second kappa shape index (κ2) is 9.12. The molecule has 9 heteroatoms. The molecule has 1 aliphatic heterocycles. The number of nitrogens with one attached hydrogen (secondary N) is 1. The van der Waals surface area contributed by atoms with Gasteiger partial charge in [0.15, 0.2) is 4.96 Å². The Bertz CT molecular complexity index is 1450. The molecule has 4 heterocycles. The Morgan fingerprint density at radius 3 is 2.92 bits per heavy atom. The Hall–Kier alpha value is -3.04. The van der Waals surface area contributed by atoms with Crippen molar-refractivity contribution in [1.29, 1.82) is 0 Å². The van der Waals surface area contributed by atoms with E-state index in [-0.39, 0.29) is 17.9 Å². The molecule has 36 heavy (non-hydrogen) atoms. The fourth-order valence-electron chi connectivity index (χ4n) is 6.11. The number of thiazole rings is 2. The van der Waals surface area contributed by atoms with Crippen molar-refractivity contribution >= 4 is 39.4 Å². The SMILES string of the molecule is Cc1cccc(-c2sc(C)nc2C(=O)N2CC3CC(C)C[C@@H]3[C@H]2CNC(=O)c2cnc3sccn23)c1. The summed E-state index contributed by atoms with van der Waals surface area (Å²) in [5.74, 6) is 1.30. The molecule has 1 aromatic carbocycles. The Labute approximate surface area is 218 Å². The summed E-state index contributed by atoms with van der Waals surface area (Å²) >= 11 is 3.07. The molecule has 0 bridgehead atoms. The predicted octanol–water partition coefficient (Wildman–Crippen LogP) is 5.05. The van der Waals surface area contributed by atoms with E-state index >= 15 is 0 Å². The number of imidazole rings is 1. The van der Waals surface area contributed by atoms with Crippen LogP contribution in [0.5, 0.6) is 0 Å². The van der Waals surface area contributed by atoms with E-state index in [1.165, 1.54) is 11.3 Å². The summed E-state index contributed by atoms with van der Waals surface area (Å²) in [7, 11) is 0. The van der Waals surface area contributed by atoms with E-state index < -0.39 is 0 Å². The molecule has 7 nitrogen and oxygen atoms in total. The molecule has 1 saturated heterocycles. The molecular formula is C27H29N5O2S2. The van der Waals surface area contributed by atoms with E-state index in [0.29, 0.717) is 35.7 Å². The van der Waals surface area contributed by atoms with Crippen LogP contribution in [0.25, 0.3) is 15.4 Å². The Balaban J connectivity index is 1.28. The van der Waals surface area contributed by atoms with Gasteiger partial charge in [-0.3, -0.25) is 14.0 Å². The summed E-state index contributed by atoms with van der Waals surface area (Å²) < 4.78 is 1.81. The zero-order valence-electron chi connectivity index (χ0n) is 20.6. The molecule has 3 aromatic heterocycles. The number of amides is 2. The summed E-state index contributed by atoms with van der Waals surface area (Å²) in [4.78, 5) is 39.8. The molecule has 2 fully saturated rings. The number of carbonyl (C=O) groups excluding carboxylic acids is 2. The van der Waals surface area contributed by atoms with Gasteiger partial charge in [0, 0.05) is 24.7 Å². The molecule has 1 saturated carbocycles. The number of hydrogen-bond acceptors (Lipinski definition) is 6. The quantitative estimate of drug-likeness (QED) is 0.400. The molecule has 1 N–H and O–H groups in total. The van der Waals surface area contributed by atoms with E-state index in [4.69, 9.17) is 4.98 Å². The van der Waals surface area contributed by atoms with Gasteiger partial charge in [-0.1, -0.05) is 36.8 Å². The molecule has 4 aromatic rings. The third-order valence-corrected chi connectivity index (χ3v) is 9.43. The molecular weight excluding hydrogens is 490 g/mol. The lowest BCUT2D eigenvalue weighted by Crippen LogP contribution is -2.46. The minimum absolute atomic E-state index is 0.0262. The predicted molar refractivity (Wildman–Crippen MR) is 143 cm³/mol. The minimum atomic E-state index is -0.159. The third kappa shape index (κ3) is 4.04. The summed E-state index contributed by atoms with van der Waals surface area (Å²) in [6, 6.07) is 8.19. The lowest BCUT2D eigenvalue weighted by molar-refractivity contribution is 0.0692. The van der Waals surface area contributed by atoms with Crippen molar-refractivity contribution in [3.05, 3.63) is 64.0 Å². The van der Waals surface area contributed by atoms with Crippen molar-refractivity contribution in [2.45, 2.75) is 39.7 Å². The lowest BCUT2D eigenvalue weighted by Gasteiger charge is -2.28. The van der Waals surface area contributed by atoms with Crippen molar-refractivity contribution in [3.8, 4) is 10.4 Å². The molecule has 2 amide bonds. The summed E-state index contributed by atoms with van der Waals surface area (Å²) in [6.07, 6.45) is 5.68. The molecule has 2 aliphatic rings. The van der Waals surface area contributed by atoms with Crippen LogP contribution in [0.1, 0.15) is 51.3 Å². The van der Waals surface area contributed by atoms with Crippen molar-refractivity contribution in [1.82, 2.24) is 24.6 Å². The number of fused-ring (bicyclic) bond motifs is 2. The highest BCUT2D eigenvalue weighted by molar-refractivity contribution is 7.15. The van der Waals surface area contributed by atoms with Gasteiger partial charge in [0.25, 0.3) is 11.8 Å². The summed E-state index contributed by atoms with van der Waals surface area (Å²) in [6.45, 7) is 7.46. The first-order valence-corrected chi connectivity index (χ1v) is 14.1. The van der Waals surface area contributed by atoms with Crippen LogP contribution in [0.3, 0.4) is 0 Å². The maximum Gasteiger partial charge on any atom is 0.274 e. The first kappa shape index (κ1) is 23.4. The van der Waals surface area contributed by atoms with E-state index in [1.807, 2.05) is 39.9 Å². The highest BCUT2D eigenvalue weighted by atomic mass is 32.1. The van der Waals surface area contributed by atoms with Crippen LogP contribution in [-0.4, -0.2) is 50.2 Å². The van der Waals surface area contributed by atoms with Crippen LogP contribution in [0.15, 0.2) is 42.0 Å². The fraction of sp³-hybridized carbons (Fsp3) is 0.407. The zero-order chi connectivity index (χ0) is 25.0. The highest BCUT2D eigenvalue weighted by Gasteiger charge is 2.48. The molecule has 6 rings (SSSR count). The van der Waals surface area contributed by atoms with Crippen molar-refractivity contribution < 1.29 is 9.59 Å². The molecule has 1 aliphatic carbocycles. The van der Waals surface area contributed by atoms with Gasteiger partial charge in [-0.15, -0.1) is 22.7 Å². The Morgan fingerprint density at radius 1 is 1.22 bits per heavy atom. The van der Waals surface area contributed by atoms with Gasteiger partial charge < -0.3 is 10.2 Å². The zero-order valence-corrected chi connectivity index (χ0v) is 22.2. The average molecular weight is 520 g/mol. The Morgan fingerprint density at radius 2 is 2.08 bits per heavy atom. The van der Waals surface area contributed by atoms with Crippen molar-refractivity contribution in [2.24, 2.45) is 17.8 Å². The lowest BCUT2D eigenvalue weighted by atomic mass is 9.93. The van der Waals surface area contributed by atoms with Gasteiger partial charge in [0.2, 0.25) is 0 Å². The van der Waals surface area contributed by atoms with Gasteiger partial charge in [0.05, 0.1) is 22.1 Å². The van der Waals surface area contributed by atoms with Crippen molar-refractivity contribution in [2.75, 3.05) is 13.1 Å². The standard InChI is InChI=1S/C27H29N5O2S2/c1-15-5-4-6-18(9-15)24-23(30-17(3)36-24)26(34)32-14-19-10-16(2)11-20(19)21(32)12-28-25(33)22-13-29-27-31(22)7-8-35-27/h4-9,13,16,19-21H,10-12,14H2,1-3H3,(H,28,33)/t16?,19?,20-,21+/m0/s1. The van der Waals surface area contributed by atoms with E-state index in [0.717, 1.165) is 45.4 Å². The normalized spacial score (nSPS) is 23.4. The van der Waals surface area contributed by atoms with Crippen molar-refractivity contribution in [3.63, 3.8) is 0 Å². The number of aromatic nitrogens is 3. The Kier molecular flexibility index (Phi) is 5.92. The molecule has 186 valence electrons. The van der Waals surface area contributed by atoms with E-state index in [1.54, 1.807) is 17.5 Å². The van der Waals surface area contributed by atoms with Gasteiger partial charge in [-0.2, -0.15) is 0 Å². The number of hydrogen-bond donors (Lipinski definition) is 1. The smallest absolute Gasteiger partial charge is 0.274 e. The van der Waals surface area contributed by atoms with Gasteiger partial charge in [-0.25, -0.2) is 9.97 Å². The highest BCUT2D eigenvalue weighted by Crippen LogP contribution is 2.46. The first-order valence-electron chi connectivity index (χ1n) is 12.4. The third-order valence-electron chi connectivity index (χ3n) is 7.64. The second-order valence-electron chi connectivity index (χ2n) is 10.2. The van der Waals surface area contributed by atoms with Gasteiger partial charge in [0.1, 0.15) is 11.4 Å². The number of rotatable bonds is 5. The number of nitrogens with zero attached hydrogens (tertiary/aromatic N) is 4. The summed E-state index contributed by atoms with van der Waals surface area (Å²) in [5.41, 5.74) is 3.24. The number of aryl methyl sites for hydroxylation is 2. The van der Waals surface area contributed by atoms with E-state index in [2.05, 4.69) is 36.3 Å². The van der Waals surface area contributed by atoms with Gasteiger partial charge in [-0.05, 0) is 50.0 Å². The molecule has 2 unspecified atom stereocenters. The maximum atomic E-state index is 14.0. The van der Waals surface area contributed by atoms with Crippen LogP contribution in [-0.2, 0) is 0 Å². The summed E-state index contributed by atoms with van der Waals surface area (Å²) in [5, 5.41) is 5.93. The fourth-order valence-corrected chi connectivity index (χ4v) is 7.71. The maximum absolute atomic E-state index is 14.0. The van der Waals surface area contributed by atoms with Gasteiger partial charge >= 0.3 is 0 Å². The van der Waals surface area contributed by atoms with E-state index in [9.17, 15) is 9.59 Å². The largest absolute Gasteiger partial charge is 0.349 e.